The third-order valence-electron chi connectivity index (χ3n) is 6.46. The highest BCUT2D eigenvalue weighted by molar-refractivity contribution is 7.09. The highest BCUT2D eigenvalue weighted by atomic mass is 32.1. The third kappa shape index (κ3) is 5.55. The van der Waals surface area contributed by atoms with E-state index in [0.717, 1.165) is 35.7 Å². The summed E-state index contributed by atoms with van der Waals surface area (Å²) in [7, 11) is 0. The van der Waals surface area contributed by atoms with E-state index in [9.17, 15) is 9.59 Å². The molecule has 3 heterocycles. The van der Waals surface area contributed by atoms with E-state index in [4.69, 9.17) is 9.47 Å². The first kappa shape index (κ1) is 23.7. The Morgan fingerprint density at radius 3 is 2.85 bits per heavy atom. The molecule has 0 aliphatic carbocycles. The summed E-state index contributed by atoms with van der Waals surface area (Å²) in [4.78, 5) is 34.8. The van der Waals surface area contributed by atoms with Gasteiger partial charge in [0.25, 0.3) is 5.91 Å². The summed E-state index contributed by atoms with van der Waals surface area (Å²) in [5.74, 6) is 0.867. The van der Waals surface area contributed by atoms with Crippen LogP contribution < -0.4 is 4.74 Å². The molecule has 0 N–H and O–H groups in total. The van der Waals surface area contributed by atoms with Gasteiger partial charge in [0.1, 0.15) is 12.4 Å². The number of likely N-dealkylation sites (N-methyl/N-ethyl adjacent to an activating group) is 1. The number of hydrogen-bond acceptors (Lipinski definition) is 6. The van der Waals surface area contributed by atoms with Gasteiger partial charge >= 0.3 is 0 Å². The Bertz CT molecular complexity index is 978. The second kappa shape index (κ2) is 10.7. The van der Waals surface area contributed by atoms with Gasteiger partial charge in [0, 0.05) is 18.5 Å². The fourth-order valence-corrected chi connectivity index (χ4v) is 5.29. The van der Waals surface area contributed by atoms with Gasteiger partial charge in [0.05, 0.1) is 36.8 Å². The van der Waals surface area contributed by atoms with E-state index in [-0.39, 0.29) is 18.2 Å². The molecule has 1 spiro atoms. The Morgan fingerprint density at radius 2 is 2.06 bits per heavy atom. The maximum Gasteiger partial charge on any atom is 0.256 e. The van der Waals surface area contributed by atoms with E-state index >= 15 is 0 Å². The molecule has 2 amide bonds. The molecule has 0 bridgehead atoms. The number of amides is 2. The predicted molar refractivity (Wildman–Crippen MR) is 128 cm³/mol. The zero-order chi connectivity index (χ0) is 23.3. The number of hydrogen-bond donors (Lipinski definition) is 0. The van der Waals surface area contributed by atoms with Crippen LogP contribution in [0.5, 0.6) is 5.75 Å². The number of thiazole rings is 1. The number of rotatable bonds is 3. The van der Waals surface area contributed by atoms with Crippen LogP contribution >= 0.6 is 11.3 Å². The van der Waals surface area contributed by atoms with Gasteiger partial charge in [-0.05, 0) is 51.2 Å². The van der Waals surface area contributed by atoms with E-state index in [0.29, 0.717) is 45.8 Å². The number of para-hydroxylation sites is 1. The lowest BCUT2D eigenvalue weighted by atomic mass is 9.90. The lowest BCUT2D eigenvalue weighted by molar-refractivity contribution is -0.176. The predicted octanol–water partition coefficient (Wildman–Crippen LogP) is 3.25. The van der Waals surface area contributed by atoms with Crippen LogP contribution in [0, 0.1) is 6.92 Å². The minimum atomic E-state index is -0.999. The number of ether oxygens (including phenoxy) is 2. The number of carbonyl (C=O) groups excluding carboxylic acids is 2. The van der Waals surface area contributed by atoms with Crippen LogP contribution in [-0.2, 0) is 27.2 Å². The average Bonchev–Trinajstić information content (AvgIpc) is 3.23. The molecular weight excluding hydrogens is 438 g/mol. The summed E-state index contributed by atoms with van der Waals surface area (Å²) >= 11 is 1.55. The molecule has 33 heavy (non-hydrogen) atoms. The van der Waals surface area contributed by atoms with Crippen LogP contribution in [0.25, 0.3) is 0 Å². The van der Waals surface area contributed by atoms with Gasteiger partial charge in [-0.25, -0.2) is 4.98 Å². The third-order valence-corrected chi connectivity index (χ3v) is 7.29. The second-order valence-corrected chi connectivity index (χ2v) is 9.80. The van der Waals surface area contributed by atoms with Crippen molar-refractivity contribution < 1.29 is 19.1 Å². The van der Waals surface area contributed by atoms with Crippen LogP contribution in [0.1, 0.15) is 42.5 Å². The molecule has 7 nitrogen and oxygen atoms in total. The summed E-state index contributed by atoms with van der Waals surface area (Å²) in [6.45, 7) is 6.56. The van der Waals surface area contributed by atoms with Crippen LogP contribution in [0.2, 0.25) is 0 Å². The van der Waals surface area contributed by atoms with Crippen molar-refractivity contribution in [2.75, 3.05) is 39.4 Å². The maximum atomic E-state index is 13.7. The van der Waals surface area contributed by atoms with Crippen molar-refractivity contribution in [2.45, 2.75) is 51.6 Å². The van der Waals surface area contributed by atoms with E-state index in [2.05, 4.69) is 11.1 Å². The smallest absolute Gasteiger partial charge is 0.256 e. The molecular formula is C25H33N3O4S. The zero-order valence-electron chi connectivity index (χ0n) is 19.5. The zero-order valence-corrected chi connectivity index (χ0v) is 20.4. The van der Waals surface area contributed by atoms with Crippen molar-refractivity contribution in [3.8, 4) is 5.75 Å². The van der Waals surface area contributed by atoms with Crippen LogP contribution in [0.4, 0.5) is 0 Å². The Morgan fingerprint density at radius 1 is 1.21 bits per heavy atom. The van der Waals surface area contributed by atoms with E-state index < -0.39 is 5.60 Å². The van der Waals surface area contributed by atoms with Gasteiger partial charge in [-0.1, -0.05) is 18.2 Å². The van der Waals surface area contributed by atoms with Crippen LogP contribution in [0.3, 0.4) is 0 Å². The average molecular weight is 472 g/mol. The minimum Gasteiger partial charge on any atom is -0.491 e. The van der Waals surface area contributed by atoms with Gasteiger partial charge in [-0.2, -0.15) is 0 Å². The highest BCUT2D eigenvalue weighted by Gasteiger charge is 2.46. The van der Waals surface area contributed by atoms with Gasteiger partial charge in [-0.3, -0.25) is 9.59 Å². The number of aromatic nitrogens is 1. The fourth-order valence-electron chi connectivity index (χ4n) is 4.68. The molecule has 2 aliphatic heterocycles. The topological polar surface area (TPSA) is 72.0 Å². The van der Waals surface area contributed by atoms with Crippen molar-refractivity contribution in [2.24, 2.45) is 0 Å². The molecule has 2 aliphatic rings. The summed E-state index contributed by atoms with van der Waals surface area (Å²) < 4.78 is 12.3. The Hall–Kier alpha value is -2.45. The summed E-state index contributed by atoms with van der Waals surface area (Å²) in [6, 6.07) is 8.13. The van der Waals surface area contributed by atoms with Crippen molar-refractivity contribution in [3.05, 3.63) is 45.9 Å². The van der Waals surface area contributed by atoms with Crippen molar-refractivity contribution in [1.29, 1.82) is 0 Å². The first-order valence-electron chi connectivity index (χ1n) is 11.8. The maximum absolute atomic E-state index is 13.7. The van der Waals surface area contributed by atoms with Gasteiger partial charge in [0.15, 0.2) is 5.60 Å². The lowest BCUT2D eigenvalue weighted by Crippen LogP contribution is -2.62. The molecule has 1 aromatic heterocycles. The van der Waals surface area contributed by atoms with Crippen molar-refractivity contribution in [1.82, 2.24) is 14.8 Å². The SMILES string of the molecule is CCN1CCOc2ccccc2CCCCC2(CN(C(=O)Cc3csc(C)n3)CCO2)C1=O. The first-order chi connectivity index (χ1) is 16.0. The Balaban J connectivity index is 1.52. The molecule has 1 aromatic carbocycles. The molecule has 178 valence electrons. The summed E-state index contributed by atoms with van der Waals surface area (Å²) in [5.41, 5.74) is 0.987. The highest BCUT2D eigenvalue weighted by Crippen LogP contribution is 2.30. The number of benzene rings is 1. The van der Waals surface area contributed by atoms with Gasteiger partial charge in [-0.15, -0.1) is 11.3 Å². The molecule has 1 unspecified atom stereocenters. The van der Waals surface area contributed by atoms with Crippen LogP contribution in [-0.4, -0.2) is 71.6 Å². The largest absolute Gasteiger partial charge is 0.491 e. The minimum absolute atomic E-state index is 0.00204. The number of carbonyl (C=O) groups is 2. The van der Waals surface area contributed by atoms with Gasteiger partial charge < -0.3 is 19.3 Å². The second-order valence-electron chi connectivity index (χ2n) is 8.74. The molecule has 1 atom stereocenters. The Kier molecular flexibility index (Phi) is 7.65. The molecule has 1 fully saturated rings. The number of morpholine rings is 1. The first-order valence-corrected chi connectivity index (χ1v) is 12.7. The monoisotopic (exact) mass is 471 g/mol. The standard InChI is InChI=1S/C25H33N3O4S/c1-3-27-12-14-31-22-10-5-4-8-20(22)9-6-7-11-25(24(27)30)18-28(13-15-32-25)23(29)16-21-17-33-19(2)26-21/h4-5,8,10,17H,3,6-7,9,11-16,18H2,1-2H3. The molecule has 2 aromatic rings. The lowest BCUT2D eigenvalue weighted by Gasteiger charge is -2.44. The van der Waals surface area contributed by atoms with E-state index in [1.165, 1.54) is 5.56 Å². The van der Waals surface area contributed by atoms with E-state index in [1.807, 2.05) is 42.3 Å². The van der Waals surface area contributed by atoms with Crippen molar-refractivity contribution in [3.63, 3.8) is 0 Å². The number of nitrogens with zero attached hydrogens (tertiary/aromatic N) is 3. The number of fused-ring (bicyclic) bond motifs is 1. The van der Waals surface area contributed by atoms with Gasteiger partial charge in [0.2, 0.25) is 5.91 Å². The van der Waals surface area contributed by atoms with Crippen LogP contribution in [0.15, 0.2) is 29.6 Å². The summed E-state index contributed by atoms with van der Waals surface area (Å²) in [5, 5.41) is 2.88. The normalized spacial score (nSPS) is 22.3. The summed E-state index contributed by atoms with van der Waals surface area (Å²) in [6.07, 6.45) is 3.52. The van der Waals surface area contributed by atoms with E-state index in [1.54, 1.807) is 16.2 Å². The van der Waals surface area contributed by atoms with Crippen molar-refractivity contribution >= 4 is 23.2 Å². The molecule has 4 rings (SSSR count). The molecule has 1 saturated heterocycles. The fraction of sp³-hybridized carbons (Fsp3) is 0.560. The number of aryl methyl sites for hydroxylation is 2. The molecule has 0 radical (unpaired) electrons. The molecule has 8 heteroatoms. The Labute approximate surface area is 199 Å². The molecule has 0 saturated carbocycles. The quantitative estimate of drug-likeness (QED) is 0.687.